The fraction of sp³-hybridized carbons (Fsp3) is 0.438. The van der Waals surface area contributed by atoms with Gasteiger partial charge in [0.2, 0.25) is 0 Å². The SMILES string of the molecule is CCC(O)(CC)CNC(=O)c1oc2c(F)cccc2c1C. The molecule has 0 unspecified atom stereocenters. The fourth-order valence-electron chi connectivity index (χ4n) is 2.25. The Kier molecular flexibility index (Phi) is 4.32. The summed E-state index contributed by atoms with van der Waals surface area (Å²) in [5, 5.41) is 13.4. The summed E-state index contributed by atoms with van der Waals surface area (Å²) in [6.45, 7) is 5.57. The smallest absolute Gasteiger partial charge is 0.287 e. The Balaban J connectivity index is 2.24. The van der Waals surface area contributed by atoms with Crippen LogP contribution in [0.25, 0.3) is 11.0 Å². The van der Waals surface area contributed by atoms with Gasteiger partial charge in [0.05, 0.1) is 5.60 Å². The lowest BCUT2D eigenvalue weighted by molar-refractivity contribution is 0.0310. The number of benzene rings is 1. The van der Waals surface area contributed by atoms with Crippen molar-refractivity contribution in [2.75, 3.05) is 6.54 Å². The van der Waals surface area contributed by atoms with Crippen LogP contribution in [0.2, 0.25) is 0 Å². The molecule has 0 aliphatic heterocycles. The van der Waals surface area contributed by atoms with Crippen molar-refractivity contribution in [2.24, 2.45) is 0 Å². The first-order valence-corrected chi connectivity index (χ1v) is 7.10. The molecule has 2 rings (SSSR count). The molecule has 1 aromatic carbocycles. The summed E-state index contributed by atoms with van der Waals surface area (Å²) in [5.74, 6) is -0.846. The Labute approximate surface area is 122 Å². The van der Waals surface area contributed by atoms with E-state index in [-0.39, 0.29) is 17.9 Å². The van der Waals surface area contributed by atoms with Gasteiger partial charge in [-0.05, 0) is 25.8 Å². The molecule has 0 saturated heterocycles. The minimum absolute atomic E-state index is 0.0846. The van der Waals surface area contributed by atoms with Crippen LogP contribution in [0, 0.1) is 12.7 Å². The third-order valence-electron chi connectivity index (χ3n) is 4.02. The van der Waals surface area contributed by atoms with E-state index in [4.69, 9.17) is 4.42 Å². The summed E-state index contributed by atoms with van der Waals surface area (Å²) in [4.78, 5) is 12.2. The first-order valence-electron chi connectivity index (χ1n) is 7.10. The first-order chi connectivity index (χ1) is 9.91. The molecule has 0 aliphatic carbocycles. The molecule has 0 radical (unpaired) electrons. The monoisotopic (exact) mass is 293 g/mol. The number of halogens is 1. The van der Waals surface area contributed by atoms with E-state index < -0.39 is 17.3 Å². The van der Waals surface area contributed by atoms with Crippen LogP contribution in [0.1, 0.15) is 42.8 Å². The summed E-state index contributed by atoms with van der Waals surface area (Å²) in [5.41, 5.74) is -0.249. The molecule has 5 heteroatoms. The molecule has 4 nitrogen and oxygen atoms in total. The highest BCUT2D eigenvalue weighted by Crippen LogP contribution is 2.27. The number of nitrogens with one attached hydrogen (secondary N) is 1. The number of carbonyl (C=O) groups excluding carboxylic acids is 1. The van der Waals surface area contributed by atoms with Crippen molar-refractivity contribution in [3.05, 3.63) is 35.3 Å². The molecule has 0 spiro atoms. The van der Waals surface area contributed by atoms with Crippen molar-refractivity contribution >= 4 is 16.9 Å². The lowest BCUT2D eigenvalue weighted by Crippen LogP contribution is -2.42. The number of fused-ring (bicyclic) bond motifs is 1. The van der Waals surface area contributed by atoms with Crippen molar-refractivity contribution < 1.29 is 18.7 Å². The van der Waals surface area contributed by atoms with Gasteiger partial charge in [-0.1, -0.05) is 26.0 Å². The molecule has 21 heavy (non-hydrogen) atoms. The number of rotatable bonds is 5. The van der Waals surface area contributed by atoms with Gasteiger partial charge in [0.1, 0.15) is 0 Å². The molecule has 0 atom stereocenters. The number of hydrogen-bond acceptors (Lipinski definition) is 3. The van der Waals surface area contributed by atoms with Gasteiger partial charge >= 0.3 is 0 Å². The Hall–Kier alpha value is -1.88. The van der Waals surface area contributed by atoms with Crippen LogP contribution in [0.3, 0.4) is 0 Å². The maximum Gasteiger partial charge on any atom is 0.287 e. The standard InChI is InChI=1S/C16H20FNO3/c1-4-16(20,5-2)9-18-15(19)13-10(3)11-7-6-8-12(17)14(11)21-13/h6-8,20H,4-5,9H2,1-3H3,(H,18,19). The van der Waals surface area contributed by atoms with E-state index in [0.717, 1.165) is 0 Å². The van der Waals surface area contributed by atoms with Crippen molar-refractivity contribution in [3.8, 4) is 0 Å². The lowest BCUT2D eigenvalue weighted by Gasteiger charge is -2.25. The zero-order valence-corrected chi connectivity index (χ0v) is 12.5. The van der Waals surface area contributed by atoms with Crippen molar-refractivity contribution in [2.45, 2.75) is 39.2 Å². The lowest BCUT2D eigenvalue weighted by atomic mass is 9.97. The third-order valence-corrected chi connectivity index (χ3v) is 4.02. The van der Waals surface area contributed by atoms with Crippen LogP contribution in [0.5, 0.6) is 0 Å². The van der Waals surface area contributed by atoms with Gasteiger partial charge < -0.3 is 14.8 Å². The van der Waals surface area contributed by atoms with Gasteiger partial charge in [-0.15, -0.1) is 0 Å². The molecule has 1 heterocycles. The maximum absolute atomic E-state index is 13.7. The second kappa shape index (κ2) is 5.85. The molecule has 0 aliphatic rings. The van der Waals surface area contributed by atoms with Gasteiger partial charge in [0, 0.05) is 17.5 Å². The minimum atomic E-state index is -0.930. The van der Waals surface area contributed by atoms with Crippen LogP contribution < -0.4 is 5.32 Å². The number of hydrogen-bond donors (Lipinski definition) is 2. The van der Waals surface area contributed by atoms with Crippen LogP contribution in [0.4, 0.5) is 4.39 Å². The molecule has 0 fully saturated rings. The first kappa shape index (κ1) is 15.5. The maximum atomic E-state index is 13.7. The van der Waals surface area contributed by atoms with Crippen molar-refractivity contribution in [1.82, 2.24) is 5.32 Å². The highest BCUT2D eigenvalue weighted by Gasteiger charge is 2.25. The van der Waals surface area contributed by atoms with Crippen molar-refractivity contribution in [3.63, 3.8) is 0 Å². The van der Waals surface area contributed by atoms with Crippen LogP contribution >= 0.6 is 0 Å². The average molecular weight is 293 g/mol. The molecule has 0 bridgehead atoms. The third kappa shape index (κ3) is 2.93. The van der Waals surface area contributed by atoms with E-state index >= 15 is 0 Å². The van der Waals surface area contributed by atoms with Crippen molar-refractivity contribution in [1.29, 1.82) is 0 Å². The minimum Gasteiger partial charge on any atom is -0.448 e. The van der Waals surface area contributed by atoms with E-state index in [0.29, 0.717) is 23.8 Å². The average Bonchev–Trinajstić information content (AvgIpc) is 2.83. The zero-order valence-electron chi connectivity index (χ0n) is 12.5. The predicted molar refractivity (Wildman–Crippen MR) is 78.8 cm³/mol. The molecule has 2 aromatic rings. The Morgan fingerprint density at radius 3 is 2.62 bits per heavy atom. The topological polar surface area (TPSA) is 62.5 Å². The van der Waals surface area contributed by atoms with Gasteiger partial charge in [-0.3, -0.25) is 4.79 Å². The summed E-state index contributed by atoms with van der Waals surface area (Å²) in [7, 11) is 0. The quantitative estimate of drug-likeness (QED) is 0.890. The van der Waals surface area contributed by atoms with E-state index in [1.807, 2.05) is 13.8 Å². The molecule has 1 amide bonds. The molecule has 2 N–H and O–H groups in total. The van der Waals surface area contributed by atoms with E-state index in [1.54, 1.807) is 19.1 Å². The Morgan fingerprint density at radius 2 is 2.05 bits per heavy atom. The molecular weight excluding hydrogens is 273 g/mol. The largest absolute Gasteiger partial charge is 0.448 e. The number of para-hydroxylation sites is 1. The van der Waals surface area contributed by atoms with Crippen LogP contribution in [0.15, 0.2) is 22.6 Å². The van der Waals surface area contributed by atoms with E-state index in [9.17, 15) is 14.3 Å². The summed E-state index contributed by atoms with van der Waals surface area (Å²) in [6.07, 6.45) is 1.08. The number of furan rings is 1. The second-order valence-electron chi connectivity index (χ2n) is 5.29. The number of aryl methyl sites for hydroxylation is 1. The normalized spacial score (nSPS) is 11.9. The van der Waals surface area contributed by atoms with Crippen LogP contribution in [-0.4, -0.2) is 23.2 Å². The summed E-state index contributed by atoms with van der Waals surface area (Å²) >= 11 is 0. The molecule has 114 valence electrons. The van der Waals surface area contributed by atoms with Gasteiger partial charge in [0.25, 0.3) is 5.91 Å². The molecular formula is C16H20FNO3. The Bertz CT molecular complexity index is 659. The molecule has 1 aromatic heterocycles. The second-order valence-corrected chi connectivity index (χ2v) is 5.29. The highest BCUT2D eigenvalue weighted by atomic mass is 19.1. The van der Waals surface area contributed by atoms with Gasteiger partial charge in [-0.25, -0.2) is 4.39 Å². The summed E-state index contributed by atoms with van der Waals surface area (Å²) in [6, 6.07) is 4.58. The fourth-order valence-corrected chi connectivity index (χ4v) is 2.25. The predicted octanol–water partition coefficient (Wildman–Crippen LogP) is 3.16. The Morgan fingerprint density at radius 1 is 1.38 bits per heavy atom. The van der Waals surface area contributed by atoms with Gasteiger partial charge in [0.15, 0.2) is 17.2 Å². The van der Waals surface area contributed by atoms with Crippen LogP contribution in [-0.2, 0) is 0 Å². The van der Waals surface area contributed by atoms with Gasteiger partial charge in [-0.2, -0.15) is 0 Å². The molecule has 0 saturated carbocycles. The highest BCUT2D eigenvalue weighted by molar-refractivity contribution is 5.99. The summed E-state index contributed by atoms with van der Waals surface area (Å²) < 4.78 is 19.0. The number of carbonyl (C=O) groups is 1. The van der Waals surface area contributed by atoms with E-state index in [1.165, 1.54) is 6.07 Å². The number of amides is 1. The van der Waals surface area contributed by atoms with E-state index in [2.05, 4.69) is 5.32 Å². The zero-order chi connectivity index (χ0) is 15.6. The number of aliphatic hydroxyl groups is 1.